The predicted molar refractivity (Wildman–Crippen MR) is 97.8 cm³/mol. The highest BCUT2D eigenvalue weighted by molar-refractivity contribution is 6.33. The number of nitrogens with two attached hydrogens (primary N) is 1. The largest absolute Gasteiger partial charge is 0.496 e. The molecule has 0 bridgehead atoms. The van der Waals surface area contributed by atoms with Crippen LogP contribution in [0.5, 0.6) is 5.75 Å². The molecule has 0 spiro atoms. The summed E-state index contributed by atoms with van der Waals surface area (Å²) >= 11 is 11.4. The molecule has 28 heavy (non-hydrogen) atoms. The number of hydrogen-bond donors (Lipinski definition) is 2. The van der Waals surface area contributed by atoms with Crippen LogP contribution < -0.4 is 15.8 Å². The van der Waals surface area contributed by atoms with Crippen molar-refractivity contribution in [3.63, 3.8) is 0 Å². The van der Waals surface area contributed by atoms with E-state index < -0.39 is 35.2 Å². The van der Waals surface area contributed by atoms with Crippen molar-refractivity contribution in [1.82, 2.24) is 0 Å². The van der Waals surface area contributed by atoms with Crippen LogP contribution in [-0.2, 0) is 15.7 Å². The maximum absolute atomic E-state index is 12.8. The summed E-state index contributed by atoms with van der Waals surface area (Å²) in [5.41, 5.74) is 4.45. The number of alkyl halides is 3. The third-order valence-electron chi connectivity index (χ3n) is 3.43. The van der Waals surface area contributed by atoms with Crippen molar-refractivity contribution in [3.8, 4) is 5.75 Å². The monoisotopic (exact) mass is 436 g/mol. The summed E-state index contributed by atoms with van der Waals surface area (Å²) in [5, 5.41) is 1.76. The molecule has 0 atom stereocenters. The maximum Gasteiger partial charge on any atom is 0.417 e. The van der Waals surface area contributed by atoms with Gasteiger partial charge in [0.15, 0.2) is 6.61 Å². The summed E-state index contributed by atoms with van der Waals surface area (Å²) in [6.07, 6.45) is -4.69. The van der Waals surface area contributed by atoms with E-state index in [0.29, 0.717) is 6.07 Å². The number of nitrogen functional groups attached to an aromatic ring is 1. The number of rotatable bonds is 5. The van der Waals surface area contributed by atoms with Gasteiger partial charge in [-0.05, 0) is 24.3 Å². The van der Waals surface area contributed by atoms with Gasteiger partial charge in [-0.3, -0.25) is 4.79 Å². The highest BCUT2D eigenvalue weighted by Crippen LogP contribution is 2.36. The number of halogens is 5. The van der Waals surface area contributed by atoms with E-state index in [-0.39, 0.29) is 27.7 Å². The highest BCUT2D eigenvalue weighted by atomic mass is 35.5. The number of benzene rings is 2. The van der Waals surface area contributed by atoms with Crippen LogP contribution in [-0.4, -0.2) is 25.6 Å². The van der Waals surface area contributed by atoms with Crippen LogP contribution in [0.3, 0.4) is 0 Å². The number of methoxy groups -OCH3 is 1. The summed E-state index contributed by atoms with van der Waals surface area (Å²) in [5.74, 6) is -1.70. The Morgan fingerprint density at radius 3 is 2.43 bits per heavy atom. The van der Waals surface area contributed by atoms with Gasteiger partial charge in [0, 0.05) is 11.8 Å². The zero-order valence-electron chi connectivity index (χ0n) is 14.2. The number of amides is 1. The van der Waals surface area contributed by atoms with Gasteiger partial charge in [0.1, 0.15) is 11.3 Å². The number of carbonyl (C=O) groups is 2. The third kappa shape index (κ3) is 5.20. The quantitative estimate of drug-likeness (QED) is 0.535. The number of hydrogen-bond acceptors (Lipinski definition) is 5. The molecule has 6 nitrogen and oxygen atoms in total. The highest BCUT2D eigenvalue weighted by Gasteiger charge is 2.33. The summed E-state index contributed by atoms with van der Waals surface area (Å²) < 4.78 is 48.4. The fraction of sp³-hybridized carbons (Fsp3) is 0.176. The van der Waals surface area contributed by atoms with Gasteiger partial charge in [-0.2, -0.15) is 13.2 Å². The van der Waals surface area contributed by atoms with E-state index >= 15 is 0 Å². The molecule has 0 aliphatic heterocycles. The van der Waals surface area contributed by atoms with Crippen LogP contribution in [0, 0.1) is 0 Å². The van der Waals surface area contributed by atoms with Crippen molar-refractivity contribution < 1.29 is 32.2 Å². The molecule has 0 heterocycles. The van der Waals surface area contributed by atoms with Crippen LogP contribution in [0.25, 0.3) is 0 Å². The van der Waals surface area contributed by atoms with Gasteiger partial charge < -0.3 is 20.5 Å². The van der Waals surface area contributed by atoms with Crippen molar-refractivity contribution in [1.29, 1.82) is 0 Å². The molecule has 0 fully saturated rings. The summed E-state index contributed by atoms with van der Waals surface area (Å²) in [6, 6.07) is 5.37. The minimum absolute atomic E-state index is 0.0691. The summed E-state index contributed by atoms with van der Waals surface area (Å²) in [4.78, 5) is 24.0. The van der Waals surface area contributed by atoms with Crippen molar-refractivity contribution in [2.75, 3.05) is 24.8 Å². The zero-order chi connectivity index (χ0) is 21.1. The second kappa shape index (κ2) is 8.57. The van der Waals surface area contributed by atoms with E-state index in [1.54, 1.807) is 0 Å². The number of esters is 1. The van der Waals surface area contributed by atoms with E-state index in [1.165, 1.54) is 25.3 Å². The van der Waals surface area contributed by atoms with E-state index in [0.717, 1.165) is 6.07 Å². The Labute approximate surface area is 167 Å². The minimum atomic E-state index is -4.69. The Morgan fingerprint density at radius 1 is 1.14 bits per heavy atom. The van der Waals surface area contributed by atoms with Crippen LogP contribution in [0.1, 0.15) is 15.9 Å². The first-order valence-electron chi connectivity index (χ1n) is 7.49. The second-order valence-corrected chi connectivity index (χ2v) is 6.21. The zero-order valence-corrected chi connectivity index (χ0v) is 15.7. The van der Waals surface area contributed by atoms with Gasteiger partial charge in [-0.1, -0.05) is 23.2 Å². The Morgan fingerprint density at radius 2 is 1.82 bits per heavy atom. The van der Waals surface area contributed by atoms with Crippen LogP contribution in [0.15, 0.2) is 30.3 Å². The Balaban J connectivity index is 2.05. The number of nitrogens with one attached hydrogen (secondary N) is 1. The maximum atomic E-state index is 12.8. The molecule has 0 aliphatic rings. The van der Waals surface area contributed by atoms with Gasteiger partial charge >= 0.3 is 12.1 Å². The van der Waals surface area contributed by atoms with E-state index in [4.69, 9.17) is 38.4 Å². The number of ether oxygens (including phenoxy) is 2. The van der Waals surface area contributed by atoms with Crippen molar-refractivity contribution in [2.24, 2.45) is 0 Å². The number of carbonyl (C=O) groups excluding carboxylic acids is 2. The average Bonchev–Trinajstić information content (AvgIpc) is 2.62. The van der Waals surface area contributed by atoms with Gasteiger partial charge in [0.05, 0.1) is 28.4 Å². The molecule has 11 heteroatoms. The lowest BCUT2D eigenvalue weighted by Gasteiger charge is -2.12. The van der Waals surface area contributed by atoms with Crippen molar-refractivity contribution >= 4 is 46.5 Å². The first kappa shape index (κ1) is 21.6. The fourth-order valence-corrected chi connectivity index (χ4v) is 2.51. The van der Waals surface area contributed by atoms with Gasteiger partial charge in [0.2, 0.25) is 0 Å². The SMILES string of the molecule is COc1cc(N)c(Cl)cc1C(=O)OCC(=O)Nc1ccc(Cl)c(C(F)(F)F)c1. The Kier molecular flexibility index (Phi) is 6.63. The lowest BCUT2D eigenvalue weighted by atomic mass is 10.2. The molecule has 0 unspecified atom stereocenters. The molecule has 1 amide bonds. The molecule has 0 aromatic heterocycles. The molecule has 2 rings (SSSR count). The van der Waals surface area contributed by atoms with E-state index in [2.05, 4.69) is 5.32 Å². The smallest absolute Gasteiger partial charge is 0.417 e. The molecular weight excluding hydrogens is 424 g/mol. The van der Waals surface area contributed by atoms with Crippen LogP contribution in [0.2, 0.25) is 10.0 Å². The normalized spacial score (nSPS) is 11.1. The molecule has 0 saturated carbocycles. The molecule has 0 aliphatic carbocycles. The Hall–Kier alpha value is -2.65. The molecule has 3 N–H and O–H groups in total. The Bertz CT molecular complexity index is 920. The van der Waals surface area contributed by atoms with Gasteiger partial charge in [0.25, 0.3) is 5.91 Å². The van der Waals surface area contributed by atoms with E-state index in [1.807, 2.05) is 0 Å². The average molecular weight is 437 g/mol. The summed E-state index contributed by atoms with van der Waals surface area (Å²) in [7, 11) is 1.30. The molecule has 2 aromatic rings. The first-order valence-corrected chi connectivity index (χ1v) is 8.25. The third-order valence-corrected chi connectivity index (χ3v) is 4.09. The molecule has 2 aromatic carbocycles. The molecular formula is C17H13Cl2F3N2O4. The number of anilines is 2. The second-order valence-electron chi connectivity index (χ2n) is 5.39. The van der Waals surface area contributed by atoms with E-state index in [9.17, 15) is 22.8 Å². The van der Waals surface area contributed by atoms with Gasteiger partial charge in [-0.15, -0.1) is 0 Å². The molecule has 0 radical (unpaired) electrons. The van der Waals surface area contributed by atoms with Crippen molar-refractivity contribution in [2.45, 2.75) is 6.18 Å². The van der Waals surface area contributed by atoms with Crippen LogP contribution >= 0.6 is 23.2 Å². The predicted octanol–water partition coefficient (Wildman–Crippen LogP) is 4.40. The minimum Gasteiger partial charge on any atom is -0.496 e. The standard InChI is InChI=1S/C17H13Cl2F3N2O4/c1-27-14-6-13(23)12(19)5-9(14)16(26)28-7-15(25)24-8-2-3-11(18)10(4-8)17(20,21)22/h2-6H,7,23H2,1H3,(H,24,25). The van der Waals surface area contributed by atoms with Gasteiger partial charge in [-0.25, -0.2) is 4.79 Å². The topological polar surface area (TPSA) is 90.7 Å². The lowest BCUT2D eigenvalue weighted by molar-refractivity contribution is -0.137. The molecule has 0 saturated heterocycles. The van der Waals surface area contributed by atoms with Crippen molar-refractivity contribution in [3.05, 3.63) is 51.5 Å². The van der Waals surface area contributed by atoms with Crippen LogP contribution in [0.4, 0.5) is 24.5 Å². The fourth-order valence-electron chi connectivity index (χ4n) is 2.12. The first-order chi connectivity index (χ1) is 13.0. The summed E-state index contributed by atoms with van der Waals surface area (Å²) in [6.45, 7) is -0.756. The molecule has 150 valence electrons. The lowest BCUT2D eigenvalue weighted by Crippen LogP contribution is -2.21.